The van der Waals surface area contributed by atoms with Crippen molar-refractivity contribution in [1.29, 1.82) is 0 Å². The first-order valence-corrected chi connectivity index (χ1v) is 12.3. The van der Waals surface area contributed by atoms with Crippen LogP contribution in [0, 0.1) is 23.7 Å². The fourth-order valence-corrected chi connectivity index (χ4v) is 5.78. The van der Waals surface area contributed by atoms with Crippen LogP contribution in [-0.4, -0.2) is 0 Å². The van der Waals surface area contributed by atoms with Crippen molar-refractivity contribution in [3.63, 3.8) is 0 Å². The van der Waals surface area contributed by atoms with Crippen LogP contribution in [-0.2, 0) is 0 Å². The third kappa shape index (κ3) is 8.49. The van der Waals surface area contributed by atoms with Crippen LogP contribution in [0.2, 0.25) is 0 Å². The van der Waals surface area contributed by atoms with Gasteiger partial charge in [-0.15, -0.1) is 0 Å². The molecule has 2 rings (SSSR count). The molecule has 0 aliphatic heterocycles. The van der Waals surface area contributed by atoms with E-state index in [4.69, 9.17) is 0 Å². The summed E-state index contributed by atoms with van der Waals surface area (Å²) in [7, 11) is 0. The standard InChI is InChI=1S/C25H48/c1-3-5-7-8-9-10-11-13-23-16-20-25(21-17-23)24-18-14-22(15-19-24)12-6-4-2/h22-25H,3-21H2,1-2H3/t22-,23?,24-,25?. The molecule has 0 N–H and O–H groups in total. The van der Waals surface area contributed by atoms with Crippen molar-refractivity contribution in [3.8, 4) is 0 Å². The Morgan fingerprint density at radius 3 is 1.32 bits per heavy atom. The van der Waals surface area contributed by atoms with E-state index in [0.717, 1.165) is 23.7 Å². The molecule has 0 heterocycles. The lowest BCUT2D eigenvalue weighted by Gasteiger charge is -2.38. The SMILES string of the molecule is CCCCCCCCCC1CCC([C@H]2CC[C@H](CCCC)CC2)CC1. The van der Waals surface area contributed by atoms with Crippen LogP contribution < -0.4 is 0 Å². The second kappa shape index (κ2) is 13.2. The highest BCUT2D eigenvalue weighted by Crippen LogP contribution is 2.43. The largest absolute Gasteiger partial charge is 0.0654 e. The van der Waals surface area contributed by atoms with E-state index in [1.807, 2.05) is 0 Å². The molecule has 148 valence electrons. The van der Waals surface area contributed by atoms with Gasteiger partial charge in [0, 0.05) is 0 Å². The Balaban J connectivity index is 1.49. The van der Waals surface area contributed by atoms with Crippen molar-refractivity contribution in [2.24, 2.45) is 23.7 Å². The van der Waals surface area contributed by atoms with Gasteiger partial charge < -0.3 is 0 Å². The molecule has 0 aromatic carbocycles. The number of unbranched alkanes of at least 4 members (excludes halogenated alkanes) is 7. The number of rotatable bonds is 12. The summed E-state index contributed by atoms with van der Waals surface area (Å²) in [5.41, 5.74) is 0. The zero-order valence-electron chi connectivity index (χ0n) is 17.7. The molecule has 2 fully saturated rings. The zero-order chi connectivity index (χ0) is 17.7. The lowest BCUT2D eigenvalue weighted by molar-refractivity contribution is 0.139. The predicted molar refractivity (Wildman–Crippen MR) is 113 cm³/mol. The molecule has 0 aromatic rings. The summed E-state index contributed by atoms with van der Waals surface area (Å²) in [5.74, 6) is 4.40. The molecule has 0 amide bonds. The minimum Gasteiger partial charge on any atom is -0.0654 e. The highest BCUT2D eigenvalue weighted by atomic mass is 14.4. The molecule has 0 aromatic heterocycles. The zero-order valence-corrected chi connectivity index (χ0v) is 17.7. The maximum atomic E-state index is 2.34. The van der Waals surface area contributed by atoms with Crippen molar-refractivity contribution >= 4 is 0 Å². The van der Waals surface area contributed by atoms with Gasteiger partial charge in [0.25, 0.3) is 0 Å². The average molecular weight is 349 g/mol. The molecule has 0 saturated heterocycles. The summed E-state index contributed by atoms with van der Waals surface area (Å²) in [6.07, 6.45) is 28.8. The van der Waals surface area contributed by atoms with Crippen LogP contribution >= 0.6 is 0 Å². The second-order valence-electron chi connectivity index (χ2n) is 9.61. The number of hydrogen-bond donors (Lipinski definition) is 0. The topological polar surface area (TPSA) is 0 Å². The molecule has 2 saturated carbocycles. The smallest absolute Gasteiger partial charge is 0.0386 e. The van der Waals surface area contributed by atoms with Crippen molar-refractivity contribution < 1.29 is 0 Å². The van der Waals surface area contributed by atoms with Gasteiger partial charge in [0.05, 0.1) is 0 Å². The Morgan fingerprint density at radius 1 is 0.440 bits per heavy atom. The molecular formula is C25H48. The summed E-state index contributed by atoms with van der Waals surface area (Å²) in [6.45, 7) is 4.66. The highest BCUT2D eigenvalue weighted by Gasteiger charge is 2.30. The van der Waals surface area contributed by atoms with E-state index in [0.29, 0.717) is 0 Å². The monoisotopic (exact) mass is 348 g/mol. The van der Waals surface area contributed by atoms with Crippen LogP contribution in [0.3, 0.4) is 0 Å². The molecule has 0 radical (unpaired) electrons. The van der Waals surface area contributed by atoms with Crippen LogP contribution in [0.1, 0.15) is 136 Å². The molecule has 0 heteroatoms. The van der Waals surface area contributed by atoms with Gasteiger partial charge in [-0.05, 0) is 49.4 Å². The molecule has 0 atom stereocenters. The Labute approximate surface area is 159 Å². The highest BCUT2D eigenvalue weighted by molar-refractivity contribution is 4.82. The minimum absolute atomic E-state index is 1.09. The van der Waals surface area contributed by atoms with Crippen LogP contribution in [0.5, 0.6) is 0 Å². The minimum atomic E-state index is 1.09. The van der Waals surface area contributed by atoms with Gasteiger partial charge in [-0.1, -0.05) is 110 Å². The first kappa shape index (κ1) is 21.3. The molecule has 0 unspecified atom stereocenters. The quantitative estimate of drug-likeness (QED) is 0.309. The molecule has 2 aliphatic carbocycles. The average Bonchev–Trinajstić information content (AvgIpc) is 2.66. The Hall–Kier alpha value is 0. The first-order chi connectivity index (χ1) is 12.3. The van der Waals surface area contributed by atoms with Crippen LogP contribution in [0.4, 0.5) is 0 Å². The lowest BCUT2D eigenvalue weighted by Crippen LogP contribution is -2.25. The maximum Gasteiger partial charge on any atom is -0.0386 e. The third-order valence-electron chi connectivity index (χ3n) is 7.63. The second-order valence-corrected chi connectivity index (χ2v) is 9.61. The van der Waals surface area contributed by atoms with Crippen LogP contribution in [0.25, 0.3) is 0 Å². The normalized spacial score (nSPS) is 30.5. The van der Waals surface area contributed by atoms with Gasteiger partial charge >= 0.3 is 0 Å². The Bertz CT molecular complexity index is 291. The fraction of sp³-hybridized carbons (Fsp3) is 1.00. The van der Waals surface area contributed by atoms with E-state index in [1.165, 1.54) is 64.2 Å². The van der Waals surface area contributed by atoms with E-state index < -0.39 is 0 Å². The van der Waals surface area contributed by atoms with Gasteiger partial charge in [0.2, 0.25) is 0 Å². The van der Waals surface area contributed by atoms with E-state index in [2.05, 4.69) is 13.8 Å². The van der Waals surface area contributed by atoms with Crippen molar-refractivity contribution in [2.75, 3.05) is 0 Å². The van der Waals surface area contributed by atoms with Gasteiger partial charge in [-0.25, -0.2) is 0 Å². The van der Waals surface area contributed by atoms with E-state index in [-0.39, 0.29) is 0 Å². The third-order valence-corrected chi connectivity index (χ3v) is 7.63. The molecular weight excluding hydrogens is 300 g/mol. The molecule has 0 nitrogen and oxygen atoms in total. The molecule has 0 spiro atoms. The van der Waals surface area contributed by atoms with Gasteiger partial charge in [0.1, 0.15) is 0 Å². The fourth-order valence-electron chi connectivity index (χ4n) is 5.78. The van der Waals surface area contributed by atoms with Crippen molar-refractivity contribution in [1.82, 2.24) is 0 Å². The van der Waals surface area contributed by atoms with Crippen molar-refractivity contribution in [2.45, 2.75) is 136 Å². The Morgan fingerprint density at radius 2 is 0.840 bits per heavy atom. The summed E-state index contributed by atoms with van der Waals surface area (Å²) >= 11 is 0. The van der Waals surface area contributed by atoms with E-state index in [9.17, 15) is 0 Å². The first-order valence-electron chi connectivity index (χ1n) is 12.3. The Kier molecular flexibility index (Phi) is 11.3. The van der Waals surface area contributed by atoms with Gasteiger partial charge in [0.15, 0.2) is 0 Å². The maximum absolute atomic E-state index is 2.34. The summed E-state index contributed by atoms with van der Waals surface area (Å²) < 4.78 is 0. The summed E-state index contributed by atoms with van der Waals surface area (Å²) in [4.78, 5) is 0. The molecule has 0 bridgehead atoms. The molecule has 2 aliphatic rings. The van der Waals surface area contributed by atoms with Gasteiger partial charge in [-0.2, -0.15) is 0 Å². The van der Waals surface area contributed by atoms with Crippen LogP contribution in [0.15, 0.2) is 0 Å². The molecule has 25 heavy (non-hydrogen) atoms. The van der Waals surface area contributed by atoms with E-state index in [1.54, 1.807) is 57.8 Å². The number of hydrogen-bond acceptors (Lipinski definition) is 0. The lowest BCUT2D eigenvalue weighted by atomic mass is 9.68. The van der Waals surface area contributed by atoms with E-state index >= 15 is 0 Å². The predicted octanol–water partition coefficient (Wildman–Crippen LogP) is 8.93. The summed E-state index contributed by atoms with van der Waals surface area (Å²) in [6, 6.07) is 0. The van der Waals surface area contributed by atoms with Gasteiger partial charge in [-0.3, -0.25) is 0 Å². The van der Waals surface area contributed by atoms with Crippen molar-refractivity contribution in [3.05, 3.63) is 0 Å². The summed E-state index contributed by atoms with van der Waals surface area (Å²) in [5, 5.41) is 0.